The molecule has 2 amide bonds. The molecule has 0 aliphatic carbocycles. The molecule has 0 atom stereocenters. The number of hydrogen-bond acceptors (Lipinski definition) is 6. The molecule has 1 aromatic heterocycles. The second-order valence-corrected chi connectivity index (χ2v) is 10.5. The standard InChI is InChI=1S/C31H32N4O5/c1-31(2,3)40-30(37)33-23-6-5-7-24(17-23)35-18-27(21-10-13-26-22(16-21)14-15-32-28(26)36)29(34-35)39-19-20-8-11-25(38-4)12-9-20/h5-13,16-18H,14-15,19H2,1-4H3,(H,32,36)(H,33,37). The van der Waals surface area contributed by atoms with Gasteiger partial charge in [-0.05, 0) is 80.3 Å². The number of benzene rings is 3. The predicted octanol–water partition coefficient (Wildman–Crippen LogP) is 5.76. The quantitative estimate of drug-likeness (QED) is 0.309. The molecule has 4 aromatic rings. The van der Waals surface area contributed by atoms with Crippen molar-refractivity contribution in [3.63, 3.8) is 0 Å². The summed E-state index contributed by atoms with van der Waals surface area (Å²) in [4.78, 5) is 24.6. The molecule has 0 saturated carbocycles. The van der Waals surface area contributed by atoms with Crippen LogP contribution in [0.5, 0.6) is 11.6 Å². The summed E-state index contributed by atoms with van der Waals surface area (Å²) in [6.45, 7) is 6.35. The van der Waals surface area contributed by atoms with Crippen molar-refractivity contribution in [2.24, 2.45) is 0 Å². The van der Waals surface area contributed by atoms with Crippen LogP contribution in [0.25, 0.3) is 16.8 Å². The molecular weight excluding hydrogens is 508 g/mol. The lowest BCUT2D eigenvalue weighted by molar-refractivity contribution is 0.0635. The fourth-order valence-electron chi connectivity index (χ4n) is 4.41. The highest BCUT2D eigenvalue weighted by Gasteiger charge is 2.21. The van der Waals surface area contributed by atoms with Gasteiger partial charge in [0.05, 0.1) is 18.4 Å². The largest absolute Gasteiger partial charge is 0.497 e. The summed E-state index contributed by atoms with van der Waals surface area (Å²) in [7, 11) is 1.63. The van der Waals surface area contributed by atoms with Gasteiger partial charge in [0.15, 0.2) is 0 Å². The van der Waals surface area contributed by atoms with Crippen LogP contribution in [0.3, 0.4) is 0 Å². The molecule has 2 heterocycles. The molecule has 3 aromatic carbocycles. The summed E-state index contributed by atoms with van der Waals surface area (Å²) in [5, 5.41) is 10.4. The summed E-state index contributed by atoms with van der Waals surface area (Å²) in [5.41, 5.74) is 5.01. The monoisotopic (exact) mass is 540 g/mol. The van der Waals surface area contributed by atoms with Crippen LogP contribution in [0, 0.1) is 0 Å². The first-order valence-corrected chi connectivity index (χ1v) is 13.1. The minimum absolute atomic E-state index is 0.0613. The molecule has 0 spiro atoms. The molecule has 1 aliphatic rings. The van der Waals surface area contributed by atoms with E-state index >= 15 is 0 Å². The fourth-order valence-corrected chi connectivity index (χ4v) is 4.41. The van der Waals surface area contributed by atoms with Crippen LogP contribution in [0.15, 0.2) is 72.9 Å². The Morgan fingerprint density at radius 2 is 1.85 bits per heavy atom. The van der Waals surface area contributed by atoms with Gasteiger partial charge in [-0.3, -0.25) is 10.1 Å². The van der Waals surface area contributed by atoms with E-state index in [9.17, 15) is 9.59 Å². The topological polar surface area (TPSA) is 104 Å². The van der Waals surface area contributed by atoms with Gasteiger partial charge in [-0.25, -0.2) is 9.48 Å². The van der Waals surface area contributed by atoms with Crippen LogP contribution >= 0.6 is 0 Å². The Kier molecular flexibility index (Phi) is 7.46. The predicted molar refractivity (Wildman–Crippen MR) is 152 cm³/mol. The van der Waals surface area contributed by atoms with Gasteiger partial charge in [0.2, 0.25) is 5.88 Å². The average Bonchev–Trinajstić information content (AvgIpc) is 3.35. The maximum absolute atomic E-state index is 12.3. The lowest BCUT2D eigenvalue weighted by atomic mass is 9.96. The van der Waals surface area contributed by atoms with Crippen LogP contribution < -0.4 is 20.1 Å². The molecule has 5 rings (SSSR count). The fraction of sp³-hybridized carbons (Fsp3) is 0.258. The number of hydrogen-bond donors (Lipinski definition) is 2. The molecule has 0 saturated heterocycles. The van der Waals surface area contributed by atoms with Gasteiger partial charge < -0.3 is 19.5 Å². The number of amides is 2. The van der Waals surface area contributed by atoms with E-state index in [0.29, 0.717) is 30.3 Å². The van der Waals surface area contributed by atoms with Crippen molar-refractivity contribution in [3.05, 3.63) is 89.6 Å². The Hall–Kier alpha value is -4.79. The number of anilines is 1. The smallest absolute Gasteiger partial charge is 0.412 e. The third-order valence-electron chi connectivity index (χ3n) is 6.31. The molecule has 0 bridgehead atoms. The highest BCUT2D eigenvalue weighted by atomic mass is 16.6. The van der Waals surface area contributed by atoms with Crippen LogP contribution in [-0.4, -0.2) is 41.0 Å². The number of ether oxygens (including phenoxy) is 3. The van der Waals surface area contributed by atoms with Crippen LogP contribution in [-0.2, 0) is 17.8 Å². The van der Waals surface area contributed by atoms with E-state index in [1.165, 1.54) is 0 Å². The average molecular weight is 541 g/mol. The first-order chi connectivity index (χ1) is 19.2. The minimum atomic E-state index is -0.607. The normalized spacial score (nSPS) is 12.8. The number of aromatic nitrogens is 2. The van der Waals surface area contributed by atoms with Crippen molar-refractivity contribution in [1.29, 1.82) is 0 Å². The van der Waals surface area contributed by atoms with E-state index < -0.39 is 11.7 Å². The molecule has 0 radical (unpaired) electrons. The Labute approximate surface area is 233 Å². The maximum atomic E-state index is 12.3. The van der Waals surface area contributed by atoms with E-state index in [1.807, 2.05) is 87.6 Å². The van der Waals surface area contributed by atoms with Crippen LogP contribution in [0.4, 0.5) is 10.5 Å². The van der Waals surface area contributed by atoms with E-state index in [1.54, 1.807) is 17.9 Å². The van der Waals surface area contributed by atoms with E-state index in [0.717, 1.165) is 40.1 Å². The van der Waals surface area contributed by atoms with Crippen molar-refractivity contribution in [2.45, 2.75) is 39.4 Å². The third-order valence-corrected chi connectivity index (χ3v) is 6.31. The highest BCUT2D eigenvalue weighted by molar-refractivity contribution is 5.97. The van der Waals surface area contributed by atoms with E-state index in [2.05, 4.69) is 10.6 Å². The number of rotatable bonds is 7. The molecule has 206 valence electrons. The molecule has 40 heavy (non-hydrogen) atoms. The maximum Gasteiger partial charge on any atom is 0.412 e. The number of nitrogens with zero attached hydrogens (tertiary/aromatic N) is 2. The summed E-state index contributed by atoms with van der Waals surface area (Å²) in [6.07, 6.45) is 2.11. The summed E-state index contributed by atoms with van der Waals surface area (Å²) < 4.78 is 18.6. The van der Waals surface area contributed by atoms with Gasteiger partial charge >= 0.3 is 6.09 Å². The Morgan fingerprint density at radius 3 is 2.60 bits per heavy atom. The number of carbonyl (C=O) groups is 2. The number of methoxy groups -OCH3 is 1. The second-order valence-electron chi connectivity index (χ2n) is 10.5. The van der Waals surface area contributed by atoms with Gasteiger partial charge in [-0.1, -0.05) is 30.3 Å². The van der Waals surface area contributed by atoms with Crippen LogP contribution in [0.1, 0.15) is 42.3 Å². The lowest BCUT2D eigenvalue weighted by Gasteiger charge is -2.19. The second kappa shape index (κ2) is 11.1. The Balaban J connectivity index is 1.47. The van der Waals surface area contributed by atoms with Crippen molar-refractivity contribution in [1.82, 2.24) is 15.1 Å². The molecule has 2 N–H and O–H groups in total. The SMILES string of the molecule is COc1ccc(COc2nn(-c3cccc(NC(=O)OC(C)(C)C)c3)cc2-c2ccc3c(c2)CCNC3=O)cc1. The lowest BCUT2D eigenvalue weighted by Crippen LogP contribution is -2.31. The first-order valence-electron chi connectivity index (χ1n) is 13.1. The van der Waals surface area contributed by atoms with Crippen molar-refractivity contribution < 1.29 is 23.8 Å². The van der Waals surface area contributed by atoms with Gasteiger partial charge in [-0.15, -0.1) is 5.10 Å². The molecule has 9 nitrogen and oxygen atoms in total. The molecule has 9 heteroatoms. The zero-order chi connectivity index (χ0) is 28.3. The molecule has 0 fully saturated rings. The Morgan fingerprint density at radius 1 is 1.05 bits per heavy atom. The van der Waals surface area contributed by atoms with Crippen molar-refractivity contribution in [2.75, 3.05) is 19.0 Å². The summed E-state index contributed by atoms with van der Waals surface area (Å²) in [5.74, 6) is 1.15. The molecule has 1 aliphatic heterocycles. The summed E-state index contributed by atoms with van der Waals surface area (Å²) in [6, 6.07) is 20.7. The van der Waals surface area contributed by atoms with Gasteiger partial charge in [0.25, 0.3) is 5.91 Å². The first kappa shape index (κ1) is 26.8. The number of nitrogens with one attached hydrogen (secondary N) is 2. The Bertz CT molecular complexity index is 1540. The third kappa shape index (κ3) is 6.26. The molecular formula is C31H32N4O5. The van der Waals surface area contributed by atoms with Crippen LogP contribution in [0.2, 0.25) is 0 Å². The van der Waals surface area contributed by atoms with E-state index in [-0.39, 0.29) is 5.91 Å². The summed E-state index contributed by atoms with van der Waals surface area (Å²) >= 11 is 0. The number of fused-ring (bicyclic) bond motifs is 1. The minimum Gasteiger partial charge on any atom is -0.497 e. The zero-order valence-corrected chi connectivity index (χ0v) is 23.0. The number of carbonyl (C=O) groups excluding carboxylic acids is 2. The van der Waals surface area contributed by atoms with Crippen molar-refractivity contribution >= 4 is 17.7 Å². The van der Waals surface area contributed by atoms with Gasteiger partial charge in [0, 0.05) is 24.0 Å². The zero-order valence-electron chi connectivity index (χ0n) is 23.0. The van der Waals surface area contributed by atoms with E-state index in [4.69, 9.17) is 19.3 Å². The highest BCUT2D eigenvalue weighted by Crippen LogP contribution is 2.33. The van der Waals surface area contributed by atoms with Crippen molar-refractivity contribution in [3.8, 4) is 28.4 Å². The van der Waals surface area contributed by atoms with Gasteiger partial charge in [-0.2, -0.15) is 0 Å². The van der Waals surface area contributed by atoms with Gasteiger partial charge in [0.1, 0.15) is 18.0 Å². The molecule has 0 unspecified atom stereocenters.